The first-order chi connectivity index (χ1) is 15.8. The zero-order chi connectivity index (χ0) is 23.5. The molecule has 4 aromatic rings. The number of carbonyl (C=O) groups is 3. The average Bonchev–Trinajstić information content (AvgIpc) is 2.84. The van der Waals surface area contributed by atoms with Crippen molar-refractivity contribution >= 4 is 85.1 Å². The number of hydrogen-bond acceptors (Lipinski definition) is 3. The Morgan fingerprint density at radius 3 is 0.788 bits per heavy atom. The molecule has 0 N–H and O–H groups in total. The molecule has 0 radical (unpaired) electrons. The van der Waals surface area contributed by atoms with Gasteiger partial charge in [0.1, 0.15) is 0 Å². The number of benzene rings is 4. The van der Waals surface area contributed by atoms with E-state index in [9.17, 15) is 14.4 Å². The molecule has 0 saturated carbocycles. The maximum absolute atomic E-state index is 13.2. The molecule has 4 rings (SSSR count). The molecule has 0 aliphatic rings. The molecule has 0 aliphatic heterocycles. The van der Waals surface area contributed by atoms with Crippen LogP contribution >= 0.6 is 67.8 Å². The molecular formula is C27H15I3O3. The molecule has 0 heterocycles. The molecular weight excluding hydrogens is 753 g/mol. The molecule has 0 atom stereocenters. The highest BCUT2D eigenvalue weighted by molar-refractivity contribution is 14.1. The number of hydrogen-bond donors (Lipinski definition) is 0. The molecule has 3 nitrogen and oxygen atoms in total. The van der Waals surface area contributed by atoms with E-state index in [-0.39, 0.29) is 17.3 Å². The predicted molar refractivity (Wildman–Crippen MR) is 154 cm³/mol. The lowest BCUT2D eigenvalue weighted by molar-refractivity contribution is 0.103. The van der Waals surface area contributed by atoms with Gasteiger partial charge in [-0.3, -0.25) is 14.4 Å². The number of rotatable bonds is 6. The van der Waals surface area contributed by atoms with E-state index in [0.29, 0.717) is 33.4 Å². The van der Waals surface area contributed by atoms with E-state index in [4.69, 9.17) is 0 Å². The van der Waals surface area contributed by atoms with Gasteiger partial charge >= 0.3 is 0 Å². The second-order valence-corrected chi connectivity index (χ2v) is 11.0. The molecule has 0 spiro atoms. The van der Waals surface area contributed by atoms with Crippen molar-refractivity contribution in [2.24, 2.45) is 0 Å². The van der Waals surface area contributed by atoms with Gasteiger partial charge in [-0.1, -0.05) is 0 Å². The maximum atomic E-state index is 13.2. The Hall–Kier alpha value is -1.92. The van der Waals surface area contributed by atoms with Crippen molar-refractivity contribution in [3.63, 3.8) is 0 Å². The summed E-state index contributed by atoms with van der Waals surface area (Å²) in [4.78, 5) is 39.7. The first-order valence-corrected chi connectivity index (χ1v) is 13.1. The molecule has 0 unspecified atom stereocenters. The summed E-state index contributed by atoms with van der Waals surface area (Å²) in [6, 6.07) is 26.3. The Labute approximate surface area is 232 Å². The summed E-state index contributed by atoms with van der Waals surface area (Å²) >= 11 is 6.53. The molecule has 6 heteroatoms. The van der Waals surface area contributed by atoms with Gasteiger partial charge in [0.25, 0.3) is 0 Å². The summed E-state index contributed by atoms with van der Waals surface area (Å²) in [5, 5.41) is 0. The highest BCUT2D eigenvalue weighted by atomic mass is 127. The summed E-state index contributed by atoms with van der Waals surface area (Å²) in [7, 11) is 0. The lowest BCUT2D eigenvalue weighted by Gasteiger charge is -2.10. The molecule has 0 aromatic heterocycles. The highest BCUT2D eigenvalue weighted by Gasteiger charge is 2.19. The molecule has 0 amide bonds. The highest BCUT2D eigenvalue weighted by Crippen LogP contribution is 2.22. The van der Waals surface area contributed by atoms with E-state index in [1.54, 1.807) is 54.6 Å². The van der Waals surface area contributed by atoms with Crippen LogP contribution in [0.1, 0.15) is 47.8 Å². The molecule has 4 aromatic carbocycles. The molecule has 162 valence electrons. The first kappa shape index (κ1) is 24.2. The average molecular weight is 768 g/mol. The second-order valence-electron chi connectivity index (χ2n) is 7.31. The monoisotopic (exact) mass is 768 g/mol. The Morgan fingerprint density at radius 1 is 0.364 bits per heavy atom. The summed E-state index contributed by atoms with van der Waals surface area (Å²) in [6.45, 7) is 0. The van der Waals surface area contributed by atoms with Gasteiger partial charge in [0, 0.05) is 44.1 Å². The molecule has 33 heavy (non-hydrogen) atoms. The minimum atomic E-state index is -0.236. The van der Waals surface area contributed by atoms with Gasteiger partial charge in [-0.2, -0.15) is 0 Å². The number of carbonyl (C=O) groups excluding carboxylic acids is 3. The van der Waals surface area contributed by atoms with E-state index in [2.05, 4.69) is 67.8 Å². The van der Waals surface area contributed by atoms with E-state index in [1.807, 2.05) is 36.4 Å². The lowest BCUT2D eigenvalue weighted by Crippen LogP contribution is -2.10. The minimum absolute atomic E-state index is 0.236. The van der Waals surface area contributed by atoms with Crippen LogP contribution in [0.15, 0.2) is 91.0 Å². The fraction of sp³-hybridized carbons (Fsp3) is 0. The molecule has 0 aliphatic carbocycles. The zero-order valence-electron chi connectivity index (χ0n) is 17.0. The van der Waals surface area contributed by atoms with Gasteiger partial charge in [0.05, 0.1) is 0 Å². The largest absolute Gasteiger partial charge is 0.289 e. The quantitative estimate of drug-likeness (QED) is 0.154. The van der Waals surface area contributed by atoms with E-state index < -0.39 is 0 Å². The second kappa shape index (κ2) is 10.6. The third-order valence-corrected chi connectivity index (χ3v) is 7.20. The van der Waals surface area contributed by atoms with Crippen LogP contribution in [0.3, 0.4) is 0 Å². The van der Waals surface area contributed by atoms with Crippen molar-refractivity contribution in [2.45, 2.75) is 0 Å². The van der Waals surface area contributed by atoms with E-state index in [1.165, 1.54) is 0 Å². The van der Waals surface area contributed by atoms with Crippen molar-refractivity contribution in [3.8, 4) is 0 Å². The first-order valence-electron chi connectivity index (χ1n) is 9.88. The van der Waals surface area contributed by atoms with E-state index in [0.717, 1.165) is 10.7 Å². The normalized spacial score (nSPS) is 10.6. The molecule has 0 bridgehead atoms. The number of ketones is 3. The Bertz CT molecular complexity index is 1180. The van der Waals surface area contributed by atoms with Crippen LogP contribution in [0, 0.1) is 10.7 Å². The smallest absolute Gasteiger partial charge is 0.193 e. The maximum Gasteiger partial charge on any atom is 0.193 e. The Balaban J connectivity index is 1.81. The van der Waals surface area contributed by atoms with Crippen molar-refractivity contribution in [1.82, 2.24) is 0 Å². The zero-order valence-corrected chi connectivity index (χ0v) is 23.5. The van der Waals surface area contributed by atoms with E-state index >= 15 is 0 Å². The predicted octanol–water partition coefficient (Wildman–Crippen LogP) is 7.19. The Kier molecular flexibility index (Phi) is 7.75. The topological polar surface area (TPSA) is 51.2 Å². The Morgan fingerprint density at radius 2 is 0.576 bits per heavy atom. The summed E-state index contributed by atoms with van der Waals surface area (Å²) in [5.74, 6) is -0.707. The van der Waals surface area contributed by atoms with Crippen LogP contribution in [-0.2, 0) is 0 Å². The standard InChI is InChI=1S/C27H15I3O3/c28-22-7-1-16(2-8-22)25(31)19-13-20(26(32)17-3-9-23(29)10-4-17)15-21(14-19)27(33)18-5-11-24(30)12-6-18/h1-15H. The fourth-order valence-electron chi connectivity index (χ4n) is 3.32. The number of halogens is 3. The van der Waals surface area contributed by atoms with Crippen LogP contribution in [0.5, 0.6) is 0 Å². The summed E-state index contributed by atoms with van der Waals surface area (Å²) in [5.41, 5.74) is 2.43. The van der Waals surface area contributed by atoms with Gasteiger partial charge in [0.2, 0.25) is 0 Å². The van der Waals surface area contributed by atoms with Crippen LogP contribution in [0.25, 0.3) is 0 Å². The SMILES string of the molecule is O=C(c1ccc(I)cc1)c1cc(C(=O)c2ccc(I)cc2)cc(C(=O)c2ccc(I)cc2)c1. The van der Waals surface area contributed by atoms with Gasteiger partial charge in [0.15, 0.2) is 17.3 Å². The van der Waals surface area contributed by atoms with Crippen LogP contribution in [0.2, 0.25) is 0 Å². The molecule has 0 fully saturated rings. The van der Waals surface area contributed by atoms with Gasteiger partial charge in [-0.25, -0.2) is 0 Å². The third-order valence-electron chi connectivity index (χ3n) is 5.04. The van der Waals surface area contributed by atoms with Gasteiger partial charge in [-0.15, -0.1) is 0 Å². The fourth-order valence-corrected chi connectivity index (χ4v) is 4.40. The van der Waals surface area contributed by atoms with Gasteiger partial charge in [-0.05, 0) is 159 Å². The third kappa shape index (κ3) is 5.78. The van der Waals surface area contributed by atoms with Crippen LogP contribution < -0.4 is 0 Å². The van der Waals surface area contributed by atoms with Crippen molar-refractivity contribution in [3.05, 3.63) is 135 Å². The van der Waals surface area contributed by atoms with Crippen LogP contribution in [-0.4, -0.2) is 17.3 Å². The van der Waals surface area contributed by atoms with Crippen molar-refractivity contribution < 1.29 is 14.4 Å². The van der Waals surface area contributed by atoms with Crippen molar-refractivity contribution in [2.75, 3.05) is 0 Å². The minimum Gasteiger partial charge on any atom is -0.289 e. The summed E-state index contributed by atoms with van der Waals surface area (Å²) < 4.78 is 3.05. The lowest BCUT2D eigenvalue weighted by atomic mass is 9.92. The summed E-state index contributed by atoms with van der Waals surface area (Å²) in [6.07, 6.45) is 0. The van der Waals surface area contributed by atoms with Crippen molar-refractivity contribution in [1.29, 1.82) is 0 Å². The van der Waals surface area contributed by atoms with Crippen LogP contribution in [0.4, 0.5) is 0 Å². The van der Waals surface area contributed by atoms with Gasteiger partial charge < -0.3 is 0 Å². The molecule has 0 saturated heterocycles.